The largest absolute Gasteiger partial charge is 0.197 e. The Kier molecular flexibility index (Phi) is 4.85. The first-order valence-electron chi connectivity index (χ1n) is 4.50. The van der Waals surface area contributed by atoms with E-state index in [1.807, 2.05) is 0 Å². The Balaban J connectivity index is 4.17. The molecule has 70 valence electrons. The van der Waals surface area contributed by atoms with Crippen LogP contribution in [-0.2, 0) is 0 Å². The number of hydrogen-bond acceptors (Lipinski definition) is 1. The fourth-order valence-corrected chi connectivity index (χ4v) is 2.76. The molecule has 0 aliphatic rings. The van der Waals surface area contributed by atoms with E-state index in [9.17, 15) is 0 Å². The van der Waals surface area contributed by atoms with E-state index >= 15 is 0 Å². The lowest BCUT2D eigenvalue weighted by Gasteiger charge is -2.23. The van der Waals surface area contributed by atoms with Gasteiger partial charge in [-0.15, -0.1) is 0 Å². The van der Waals surface area contributed by atoms with Crippen LogP contribution in [0.3, 0.4) is 0 Å². The van der Waals surface area contributed by atoms with Gasteiger partial charge in [0, 0.05) is 0 Å². The first-order chi connectivity index (χ1) is 5.39. The van der Waals surface area contributed by atoms with E-state index in [1.165, 1.54) is 0 Å². The van der Waals surface area contributed by atoms with Gasteiger partial charge in [0.2, 0.25) is 0 Å². The van der Waals surface area contributed by atoms with Gasteiger partial charge in [0.1, 0.15) is 4.32 Å². The molecule has 1 nitrogen and oxygen atoms in total. The van der Waals surface area contributed by atoms with Gasteiger partial charge in [0.25, 0.3) is 0 Å². The summed E-state index contributed by atoms with van der Waals surface area (Å²) >= 11 is 3.52. The number of nitriles is 1. The predicted molar refractivity (Wildman–Crippen MR) is 56.2 cm³/mol. The average molecular weight is 232 g/mol. The molecular formula is C10H18BrN. The number of alkyl halides is 1. The fourth-order valence-electron chi connectivity index (χ4n) is 1.47. The second kappa shape index (κ2) is 4.87. The highest BCUT2D eigenvalue weighted by Crippen LogP contribution is 2.32. The zero-order valence-electron chi connectivity index (χ0n) is 8.39. The zero-order valence-corrected chi connectivity index (χ0v) is 9.98. The smallest absolute Gasteiger partial charge is 0.112 e. The Bertz CT molecular complexity index is 157. The van der Waals surface area contributed by atoms with Crippen LogP contribution in [0.15, 0.2) is 0 Å². The highest BCUT2D eigenvalue weighted by atomic mass is 79.9. The lowest BCUT2D eigenvalue weighted by Crippen LogP contribution is -2.22. The van der Waals surface area contributed by atoms with E-state index in [1.54, 1.807) is 0 Å². The molecule has 0 heterocycles. The summed E-state index contributed by atoms with van der Waals surface area (Å²) in [7, 11) is 0. The summed E-state index contributed by atoms with van der Waals surface area (Å²) in [4.78, 5) is 0. The van der Waals surface area contributed by atoms with Crippen molar-refractivity contribution in [1.82, 2.24) is 0 Å². The summed E-state index contributed by atoms with van der Waals surface area (Å²) in [5, 5.41) is 8.99. The Hall–Kier alpha value is -0.0300. The second-order valence-corrected chi connectivity index (χ2v) is 5.79. The average Bonchev–Trinajstić information content (AvgIpc) is 1.83. The van der Waals surface area contributed by atoms with Crippen LogP contribution < -0.4 is 0 Å². The van der Waals surface area contributed by atoms with E-state index < -0.39 is 0 Å². The first kappa shape index (κ1) is 12.0. The van der Waals surface area contributed by atoms with Gasteiger partial charge >= 0.3 is 0 Å². The van der Waals surface area contributed by atoms with Crippen molar-refractivity contribution in [2.24, 2.45) is 11.8 Å². The maximum absolute atomic E-state index is 8.99. The molecule has 0 unspecified atom stereocenters. The molecule has 0 radical (unpaired) electrons. The van der Waals surface area contributed by atoms with Crippen LogP contribution in [0.25, 0.3) is 0 Å². The molecule has 0 atom stereocenters. The van der Waals surface area contributed by atoms with Gasteiger partial charge in [-0.25, -0.2) is 0 Å². The minimum absolute atomic E-state index is 0.296. The Morgan fingerprint density at radius 2 is 1.50 bits per heavy atom. The van der Waals surface area contributed by atoms with Crippen LogP contribution in [0.5, 0.6) is 0 Å². The minimum atomic E-state index is -0.296. The normalized spacial score (nSPS) is 12.2. The predicted octanol–water partition coefficient (Wildman–Crippen LogP) is 3.74. The summed E-state index contributed by atoms with van der Waals surface area (Å²) in [6.07, 6.45) is 1.86. The molecule has 12 heavy (non-hydrogen) atoms. The molecule has 0 aromatic rings. The molecule has 0 N–H and O–H groups in total. The first-order valence-corrected chi connectivity index (χ1v) is 5.29. The minimum Gasteiger partial charge on any atom is -0.197 e. The third-order valence-electron chi connectivity index (χ3n) is 1.66. The number of halogens is 1. The molecule has 0 rings (SSSR count). The summed E-state index contributed by atoms with van der Waals surface area (Å²) in [6.45, 7) is 8.59. The van der Waals surface area contributed by atoms with Gasteiger partial charge in [-0.05, 0) is 24.7 Å². The van der Waals surface area contributed by atoms with Crippen molar-refractivity contribution in [2.75, 3.05) is 0 Å². The summed E-state index contributed by atoms with van der Waals surface area (Å²) in [5.41, 5.74) is 0. The van der Waals surface area contributed by atoms with Crippen LogP contribution in [0.4, 0.5) is 0 Å². The van der Waals surface area contributed by atoms with E-state index in [-0.39, 0.29) is 4.32 Å². The van der Waals surface area contributed by atoms with Gasteiger partial charge in [-0.2, -0.15) is 5.26 Å². The van der Waals surface area contributed by atoms with Gasteiger partial charge in [-0.3, -0.25) is 0 Å². The van der Waals surface area contributed by atoms with E-state index in [4.69, 9.17) is 5.26 Å². The lowest BCUT2D eigenvalue weighted by molar-refractivity contribution is 0.445. The molecule has 0 aliphatic carbocycles. The van der Waals surface area contributed by atoms with Crippen molar-refractivity contribution >= 4 is 15.9 Å². The molecule has 0 amide bonds. The topological polar surface area (TPSA) is 23.8 Å². The zero-order chi connectivity index (χ0) is 9.78. The Labute approximate surface area is 84.3 Å². The maximum Gasteiger partial charge on any atom is 0.112 e. The van der Waals surface area contributed by atoms with Crippen molar-refractivity contribution in [1.29, 1.82) is 5.26 Å². The van der Waals surface area contributed by atoms with Crippen LogP contribution in [-0.4, -0.2) is 4.32 Å². The molecule has 0 fully saturated rings. The van der Waals surface area contributed by atoms with Crippen molar-refractivity contribution in [3.8, 4) is 6.07 Å². The molecule has 0 saturated carbocycles. The van der Waals surface area contributed by atoms with E-state index in [2.05, 4.69) is 49.7 Å². The Morgan fingerprint density at radius 3 is 1.67 bits per heavy atom. The van der Waals surface area contributed by atoms with Crippen molar-refractivity contribution in [3.63, 3.8) is 0 Å². The van der Waals surface area contributed by atoms with Crippen LogP contribution in [0.1, 0.15) is 40.5 Å². The molecule has 0 bridgehead atoms. The lowest BCUT2D eigenvalue weighted by atomic mass is 9.90. The van der Waals surface area contributed by atoms with Crippen molar-refractivity contribution in [3.05, 3.63) is 0 Å². The highest BCUT2D eigenvalue weighted by Gasteiger charge is 2.28. The quantitative estimate of drug-likeness (QED) is 0.677. The third kappa shape index (κ3) is 4.77. The standard InChI is InChI=1S/C10H18BrN/c1-8(2)5-10(11,7-12)6-9(3)4/h8-9H,5-6H2,1-4H3. The molecule has 0 aromatic heterocycles. The van der Waals surface area contributed by atoms with Crippen molar-refractivity contribution < 1.29 is 0 Å². The van der Waals surface area contributed by atoms with Crippen LogP contribution >= 0.6 is 15.9 Å². The third-order valence-corrected chi connectivity index (χ3v) is 2.49. The highest BCUT2D eigenvalue weighted by molar-refractivity contribution is 9.10. The van der Waals surface area contributed by atoms with E-state index in [0.29, 0.717) is 11.8 Å². The SMILES string of the molecule is CC(C)CC(Br)(C#N)CC(C)C. The second-order valence-electron chi connectivity index (χ2n) is 4.27. The summed E-state index contributed by atoms with van der Waals surface area (Å²) < 4.78 is -0.296. The number of hydrogen-bond donors (Lipinski definition) is 0. The van der Waals surface area contributed by atoms with Gasteiger partial charge < -0.3 is 0 Å². The molecule has 0 spiro atoms. The van der Waals surface area contributed by atoms with Crippen LogP contribution in [0, 0.1) is 23.2 Å². The molecule has 0 aliphatic heterocycles. The van der Waals surface area contributed by atoms with Gasteiger partial charge in [-0.1, -0.05) is 43.6 Å². The summed E-state index contributed by atoms with van der Waals surface area (Å²) in [6, 6.07) is 2.36. The Morgan fingerprint density at radius 1 is 1.17 bits per heavy atom. The number of nitrogens with zero attached hydrogens (tertiary/aromatic N) is 1. The molecule has 2 heteroatoms. The molecular weight excluding hydrogens is 214 g/mol. The van der Waals surface area contributed by atoms with Gasteiger partial charge in [0.15, 0.2) is 0 Å². The number of rotatable bonds is 4. The molecule has 0 saturated heterocycles. The fraction of sp³-hybridized carbons (Fsp3) is 0.900. The van der Waals surface area contributed by atoms with Crippen molar-refractivity contribution in [2.45, 2.75) is 44.9 Å². The maximum atomic E-state index is 8.99. The van der Waals surface area contributed by atoms with E-state index in [0.717, 1.165) is 12.8 Å². The molecule has 0 aromatic carbocycles. The summed E-state index contributed by atoms with van der Waals surface area (Å²) in [5.74, 6) is 1.14. The monoisotopic (exact) mass is 231 g/mol. The van der Waals surface area contributed by atoms with Gasteiger partial charge in [0.05, 0.1) is 6.07 Å². The van der Waals surface area contributed by atoms with Crippen LogP contribution in [0.2, 0.25) is 0 Å².